The van der Waals surface area contributed by atoms with Crippen LogP contribution in [0.2, 0.25) is 5.02 Å². The number of ether oxygens (including phenoxy) is 1. The Morgan fingerprint density at radius 1 is 0.938 bits per heavy atom. The number of hydrogen-bond donors (Lipinski definition) is 2. The molecule has 0 spiro atoms. The van der Waals surface area contributed by atoms with Gasteiger partial charge >= 0.3 is 5.97 Å². The van der Waals surface area contributed by atoms with Gasteiger partial charge in [-0.1, -0.05) is 41.9 Å². The SMILES string of the molecule is Cc1ccccc1C(=O)Oc1ccc(/C=N\NC(=O)CNC(=O)c2ccccc2Cl)cc1. The Morgan fingerprint density at radius 2 is 1.59 bits per heavy atom. The summed E-state index contributed by atoms with van der Waals surface area (Å²) in [5, 5.41) is 6.63. The van der Waals surface area contributed by atoms with E-state index >= 15 is 0 Å². The molecule has 8 heteroatoms. The van der Waals surface area contributed by atoms with E-state index in [0.717, 1.165) is 5.56 Å². The summed E-state index contributed by atoms with van der Waals surface area (Å²) in [5.41, 5.74) is 4.63. The molecule has 0 atom stereocenters. The highest BCUT2D eigenvalue weighted by atomic mass is 35.5. The summed E-state index contributed by atoms with van der Waals surface area (Å²) in [6, 6.07) is 20.4. The van der Waals surface area contributed by atoms with Crippen LogP contribution in [0.1, 0.15) is 31.8 Å². The molecule has 7 nitrogen and oxygen atoms in total. The first-order valence-electron chi connectivity index (χ1n) is 9.66. The number of amides is 2. The number of esters is 1. The average Bonchev–Trinajstić information content (AvgIpc) is 2.79. The average molecular weight is 450 g/mol. The molecule has 0 bridgehead atoms. The molecule has 0 saturated carbocycles. The van der Waals surface area contributed by atoms with E-state index in [1.54, 1.807) is 60.7 Å². The van der Waals surface area contributed by atoms with Gasteiger partial charge < -0.3 is 10.1 Å². The van der Waals surface area contributed by atoms with Crippen molar-refractivity contribution >= 4 is 35.6 Å². The third-order valence-corrected chi connectivity index (χ3v) is 4.72. The maximum atomic E-state index is 12.3. The quantitative estimate of drug-likeness (QED) is 0.248. The van der Waals surface area contributed by atoms with Crippen molar-refractivity contribution in [3.8, 4) is 5.75 Å². The lowest BCUT2D eigenvalue weighted by atomic mass is 10.1. The first-order valence-corrected chi connectivity index (χ1v) is 10.0. The zero-order valence-electron chi connectivity index (χ0n) is 17.2. The van der Waals surface area contributed by atoms with Crippen LogP contribution in [0.5, 0.6) is 5.75 Å². The lowest BCUT2D eigenvalue weighted by molar-refractivity contribution is -0.120. The van der Waals surface area contributed by atoms with Crippen molar-refractivity contribution in [1.29, 1.82) is 0 Å². The molecule has 2 N–H and O–H groups in total. The van der Waals surface area contributed by atoms with Crippen LogP contribution in [0.25, 0.3) is 0 Å². The minimum Gasteiger partial charge on any atom is -0.423 e. The highest BCUT2D eigenvalue weighted by Gasteiger charge is 2.11. The van der Waals surface area contributed by atoms with Crippen molar-refractivity contribution in [3.63, 3.8) is 0 Å². The van der Waals surface area contributed by atoms with E-state index in [1.807, 2.05) is 19.1 Å². The molecule has 0 heterocycles. The highest BCUT2D eigenvalue weighted by Crippen LogP contribution is 2.16. The van der Waals surface area contributed by atoms with E-state index in [0.29, 0.717) is 21.9 Å². The molecule has 0 aliphatic carbocycles. The lowest BCUT2D eigenvalue weighted by Crippen LogP contribution is -2.35. The number of rotatable bonds is 7. The van der Waals surface area contributed by atoms with Crippen LogP contribution in [-0.2, 0) is 4.79 Å². The summed E-state index contributed by atoms with van der Waals surface area (Å²) in [4.78, 5) is 36.1. The zero-order chi connectivity index (χ0) is 22.9. The molecule has 0 aliphatic heterocycles. The molecule has 162 valence electrons. The first kappa shape index (κ1) is 22.7. The Bertz CT molecular complexity index is 1160. The number of nitrogens with one attached hydrogen (secondary N) is 2. The van der Waals surface area contributed by atoms with Gasteiger partial charge in [-0.25, -0.2) is 10.2 Å². The summed E-state index contributed by atoms with van der Waals surface area (Å²) in [6.45, 7) is 1.59. The van der Waals surface area contributed by atoms with Crippen LogP contribution >= 0.6 is 11.6 Å². The summed E-state index contributed by atoms with van der Waals surface area (Å²) in [6.07, 6.45) is 1.43. The normalized spacial score (nSPS) is 10.6. The number of benzene rings is 3. The Balaban J connectivity index is 1.47. The molecule has 32 heavy (non-hydrogen) atoms. The van der Waals surface area contributed by atoms with Gasteiger partial charge in [0.25, 0.3) is 11.8 Å². The maximum Gasteiger partial charge on any atom is 0.343 e. The monoisotopic (exact) mass is 449 g/mol. The van der Waals surface area contributed by atoms with Crippen LogP contribution < -0.4 is 15.5 Å². The number of carbonyl (C=O) groups is 3. The standard InChI is InChI=1S/C24H20ClN3O4/c1-16-6-2-3-7-19(16)24(31)32-18-12-10-17(11-13-18)14-27-28-22(29)15-26-23(30)20-8-4-5-9-21(20)25/h2-14H,15H2,1H3,(H,26,30)(H,28,29)/b27-14-. The van der Waals surface area contributed by atoms with E-state index in [-0.39, 0.29) is 12.1 Å². The molecule has 0 unspecified atom stereocenters. The van der Waals surface area contributed by atoms with Gasteiger partial charge in [-0.15, -0.1) is 0 Å². The van der Waals surface area contributed by atoms with E-state index in [2.05, 4.69) is 15.8 Å². The minimum absolute atomic E-state index is 0.255. The van der Waals surface area contributed by atoms with E-state index in [9.17, 15) is 14.4 Å². The Morgan fingerprint density at radius 3 is 2.28 bits per heavy atom. The van der Waals surface area contributed by atoms with Crippen molar-refractivity contribution in [2.75, 3.05) is 6.54 Å². The van der Waals surface area contributed by atoms with Gasteiger partial charge in [0, 0.05) is 0 Å². The maximum absolute atomic E-state index is 12.3. The number of halogens is 1. The fourth-order valence-corrected chi connectivity index (χ4v) is 2.93. The predicted molar refractivity (Wildman–Crippen MR) is 122 cm³/mol. The molecule has 0 aromatic heterocycles. The third-order valence-electron chi connectivity index (χ3n) is 4.39. The van der Waals surface area contributed by atoms with Crippen LogP contribution in [0, 0.1) is 6.92 Å². The van der Waals surface area contributed by atoms with Crippen LogP contribution in [0.3, 0.4) is 0 Å². The summed E-state index contributed by atoms with van der Waals surface area (Å²) < 4.78 is 5.38. The molecule has 0 fully saturated rings. The fourth-order valence-electron chi connectivity index (χ4n) is 2.71. The van der Waals surface area contributed by atoms with Crippen LogP contribution in [0.15, 0.2) is 77.9 Å². The van der Waals surface area contributed by atoms with Crippen molar-refractivity contribution in [3.05, 3.63) is 100 Å². The Kier molecular flexibility index (Phi) is 7.72. The highest BCUT2D eigenvalue weighted by molar-refractivity contribution is 6.33. The molecule has 3 rings (SSSR count). The number of carbonyl (C=O) groups excluding carboxylic acids is 3. The summed E-state index contributed by atoms with van der Waals surface area (Å²) >= 11 is 5.95. The van der Waals surface area contributed by atoms with Crippen molar-refractivity contribution < 1.29 is 19.1 Å². The van der Waals surface area contributed by atoms with E-state index in [1.165, 1.54) is 6.21 Å². The van der Waals surface area contributed by atoms with E-state index < -0.39 is 17.8 Å². The third kappa shape index (κ3) is 6.26. The van der Waals surface area contributed by atoms with Crippen molar-refractivity contribution in [2.24, 2.45) is 5.10 Å². The second-order valence-electron chi connectivity index (χ2n) is 6.73. The van der Waals surface area contributed by atoms with Gasteiger partial charge in [0.2, 0.25) is 0 Å². The Hall–Kier alpha value is -3.97. The zero-order valence-corrected chi connectivity index (χ0v) is 17.9. The first-order chi connectivity index (χ1) is 15.4. The second-order valence-corrected chi connectivity index (χ2v) is 7.14. The predicted octanol–water partition coefficient (Wildman–Crippen LogP) is 3.75. The lowest BCUT2D eigenvalue weighted by Gasteiger charge is -2.07. The smallest absolute Gasteiger partial charge is 0.343 e. The van der Waals surface area contributed by atoms with Gasteiger partial charge in [0.15, 0.2) is 0 Å². The van der Waals surface area contributed by atoms with Crippen molar-refractivity contribution in [2.45, 2.75) is 6.92 Å². The fraction of sp³-hybridized carbons (Fsp3) is 0.0833. The summed E-state index contributed by atoms with van der Waals surface area (Å²) in [5.74, 6) is -0.992. The molecular formula is C24H20ClN3O4. The topological polar surface area (TPSA) is 96.9 Å². The van der Waals surface area contributed by atoms with Gasteiger partial charge in [-0.05, 0) is 60.5 Å². The minimum atomic E-state index is -0.495. The molecule has 3 aromatic carbocycles. The Labute approximate surface area is 190 Å². The van der Waals surface area contributed by atoms with Gasteiger partial charge in [0.05, 0.1) is 28.9 Å². The van der Waals surface area contributed by atoms with Crippen molar-refractivity contribution in [1.82, 2.24) is 10.7 Å². The molecular weight excluding hydrogens is 430 g/mol. The number of nitrogens with zero attached hydrogens (tertiary/aromatic N) is 1. The molecule has 3 aromatic rings. The largest absolute Gasteiger partial charge is 0.423 e. The summed E-state index contributed by atoms with van der Waals surface area (Å²) in [7, 11) is 0. The molecule has 0 aliphatic rings. The number of hydrogen-bond acceptors (Lipinski definition) is 5. The van der Waals surface area contributed by atoms with Gasteiger partial charge in [-0.3, -0.25) is 9.59 Å². The second kappa shape index (κ2) is 10.9. The van der Waals surface area contributed by atoms with Gasteiger partial charge in [0.1, 0.15) is 5.75 Å². The molecule has 0 radical (unpaired) electrons. The van der Waals surface area contributed by atoms with E-state index in [4.69, 9.17) is 16.3 Å². The molecule has 2 amide bonds. The van der Waals surface area contributed by atoms with Gasteiger partial charge in [-0.2, -0.15) is 5.10 Å². The number of aryl methyl sites for hydroxylation is 1. The number of hydrazone groups is 1. The van der Waals surface area contributed by atoms with Crippen LogP contribution in [0.4, 0.5) is 0 Å². The van der Waals surface area contributed by atoms with Crippen LogP contribution in [-0.4, -0.2) is 30.5 Å². The molecule has 0 saturated heterocycles.